The van der Waals surface area contributed by atoms with Gasteiger partial charge in [-0.2, -0.15) is 0 Å². The van der Waals surface area contributed by atoms with Crippen molar-refractivity contribution in [3.8, 4) is 11.3 Å². The fraction of sp³-hybridized carbons (Fsp3) is 0.0896. The third-order valence-corrected chi connectivity index (χ3v) is 14.7. The Morgan fingerprint density at radius 3 is 1.60 bits per heavy atom. The van der Waals surface area contributed by atoms with E-state index >= 15 is 0 Å². The third kappa shape index (κ3) is 13.0. The number of ether oxygens (including phenoxy) is 5. The second-order valence-electron chi connectivity index (χ2n) is 19.6. The number of hydrogen-bond donors (Lipinski definition) is 2. The van der Waals surface area contributed by atoms with Gasteiger partial charge in [-0.25, -0.2) is 43.3 Å². The van der Waals surface area contributed by atoms with E-state index in [2.05, 4.69) is 55.3 Å². The number of halogens is 1. The van der Waals surface area contributed by atoms with Crippen LogP contribution in [0.1, 0.15) is 162 Å². The van der Waals surface area contributed by atoms with E-state index in [1.54, 1.807) is 122 Å². The minimum Gasteiger partial charge on any atom is -0.478 e. The molecule has 3 aromatic carbocycles. The molecule has 2 atom stereocenters. The van der Waals surface area contributed by atoms with Gasteiger partial charge in [0, 0.05) is 65.0 Å². The van der Waals surface area contributed by atoms with Gasteiger partial charge in [0.2, 0.25) is 6.29 Å². The van der Waals surface area contributed by atoms with E-state index in [9.17, 15) is 52.7 Å². The van der Waals surface area contributed by atoms with Crippen molar-refractivity contribution in [2.24, 2.45) is 0 Å². The number of aromatic carboxylic acids is 1. The molecule has 7 aliphatic rings. The first kappa shape index (κ1) is 63.7. The predicted molar refractivity (Wildman–Crippen MR) is 324 cm³/mol. The second kappa shape index (κ2) is 27.6. The maximum Gasteiger partial charge on any atom is 0.365 e. The Balaban J connectivity index is 0.000000121. The molecule has 2 aliphatic carbocycles. The monoisotopic (exact) mass is 1310 g/mol. The van der Waals surface area contributed by atoms with Crippen molar-refractivity contribution >= 4 is 86.0 Å². The van der Waals surface area contributed by atoms with Crippen molar-refractivity contribution in [3.05, 3.63) is 283 Å². The Morgan fingerprint density at radius 2 is 0.968 bits per heavy atom. The summed E-state index contributed by atoms with van der Waals surface area (Å²) in [5.41, 5.74) is 7.35. The molecule has 7 aromatic heterocycles. The number of pyridine rings is 6. The Bertz CT molecular complexity index is 4610. The first-order valence-electron chi connectivity index (χ1n) is 27.1. The third-order valence-electron chi connectivity index (χ3n) is 14.1. The van der Waals surface area contributed by atoms with Gasteiger partial charge >= 0.3 is 47.4 Å². The zero-order valence-corrected chi connectivity index (χ0v) is 48.4. The molecule has 0 saturated heterocycles. The molecule has 0 spiro atoms. The number of Topliss-reactive ketones (excluding diaryl/α,β-unsaturated/α-hetero) is 2. The quantitative estimate of drug-likeness (QED) is 0.0704. The molecule has 0 saturated carbocycles. The highest BCUT2D eigenvalue weighted by Gasteiger charge is 2.42. The van der Waals surface area contributed by atoms with Crippen molar-refractivity contribution in [2.75, 3.05) is 0 Å². The number of carboxylic acid groups (broad SMARTS) is 1. The number of carbonyl (C=O) groups excluding carboxylic acids is 9. The fourth-order valence-corrected chi connectivity index (χ4v) is 10.4. The van der Waals surface area contributed by atoms with E-state index in [0.29, 0.717) is 91.3 Å². The molecule has 17 rings (SSSR count). The number of nitrogens with zero attached hydrogens (tertiary/aromatic N) is 6. The Morgan fingerprint density at radius 1 is 0.462 bits per heavy atom. The Kier molecular flexibility index (Phi) is 18.9. The number of aliphatic hydroxyl groups excluding tert-OH is 1. The summed E-state index contributed by atoms with van der Waals surface area (Å²) < 4.78 is 28.4. The summed E-state index contributed by atoms with van der Waals surface area (Å²) in [6, 6.07) is 40.2. The van der Waals surface area contributed by atoms with Crippen LogP contribution in [0, 0.1) is 0 Å². The van der Waals surface area contributed by atoms with Gasteiger partial charge in [-0.15, -0.1) is 0 Å². The van der Waals surface area contributed by atoms with Crippen LogP contribution in [0.4, 0.5) is 0 Å². The number of fused-ring (bicyclic) bond motifs is 11. The maximum absolute atomic E-state index is 12.4. The van der Waals surface area contributed by atoms with Gasteiger partial charge in [-0.3, -0.25) is 39.3 Å². The van der Waals surface area contributed by atoms with Gasteiger partial charge < -0.3 is 38.3 Å². The number of ketones is 3. The van der Waals surface area contributed by atoms with Crippen LogP contribution in [0.3, 0.4) is 0 Å². The lowest BCUT2D eigenvalue weighted by Gasteiger charge is -2.09. The normalized spacial score (nSPS) is 15.5. The van der Waals surface area contributed by atoms with E-state index in [0.717, 1.165) is 11.3 Å². The van der Waals surface area contributed by atoms with Crippen molar-refractivity contribution in [2.45, 2.75) is 37.9 Å². The molecule has 0 radical (unpaired) electrons. The summed E-state index contributed by atoms with van der Waals surface area (Å²) >= 11 is 3.17. The van der Waals surface area contributed by atoms with Crippen LogP contribution < -0.4 is 5.63 Å². The number of benzene rings is 3. The molecule has 2 N–H and O–H groups in total. The zero-order valence-electron chi connectivity index (χ0n) is 46.9. The van der Waals surface area contributed by atoms with Crippen LogP contribution in [-0.4, -0.2) is 99.3 Å². The molecular formula is C67H43BrN6O19. The number of carboxylic acids is 1. The van der Waals surface area contributed by atoms with Crippen molar-refractivity contribution < 1.29 is 86.3 Å². The number of esters is 6. The van der Waals surface area contributed by atoms with Gasteiger partial charge in [-0.05, 0) is 94.8 Å². The molecule has 5 aliphatic heterocycles. The number of aliphatic hydroxyl groups is 1. The van der Waals surface area contributed by atoms with E-state index in [-0.39, 0.29) is 58.6 Å². The van der Waals surface area contributed by atoms with E-state index in [4.69, 9.17) is 28.8 Å². The Hall–Kier alpha value is -12.3. The average molecular weight is 1320 g/mol. The summed E-state index contributed by atoms with van der Waals surface area (Å²) in [4.78, 5) is 149. The zero-order chi connectivity index (χ0) is 64.7. The highest BCUT2D eigenvalue weighted by atomic mass is 79.9. The molecule has 25 nitrogen and oxygen atoms in total. The van der Waals surface area contributed by atoms with E-state index in [1.165, 1.54) is 36.8 Å². The van der Waals surface area contributed by atoms with Crippen molar-refractivity contribution in [1.29, 1.82) is 0 Å². The van der Waals surface area contributed by atoms with Crippen LogP contribution in [-0.2, 0) is 36.9 Å². The van der Waals surface area contributed by atoms with Gasteiger partial charge in [0.1, 0.15) is 30.5 Å². The van der Waals surface area contributed by atoms with Crippen molar-refractivity contribution in [3.63, 3.8) is 0 Å². The highest BCUT2D eigenvalue weighted by molar-refractivity contribution is 9.09. The minimum absolute atomic E-state index is 0. The van der Waals surface area contributed by atoms with Gasteiger partial charge in [0.05, 0.1) is 61.2 Å². The summed E-state index contributed by atoms with van der Waals surface area (Å²) in [7, 11) is 0. The second-order valence-corrected chi connectivity index (χ2v) is 20.4. The lowest BCUT2D eigenvalue weighted by Crippen LogP contribution is -2.18. The van der Waals surface area contributed by atoms with Crippen LogP contribution in [0.25, 0.3) is 22.2 Å². The summed E-state index contributed by atoms with van der Waals surface area (Å²) in [5, 5.41) is 18.2. The number of cyclic esters (lactones) is 6. The first-order chi connectivity index (χ1) is 44.5. The van der Waals surface area contributed by atoms with E-state index < -0.39 is 53.3 Å². The highest BCUT2D eigenvalue weighted by Crippen LogP contribution is 2.39. The van der Waals surface area contributed by atoms with Crippen LogP contribution in [0.15, 0.2) is 192 Å². The number of alkyl halides is 1. The van der Waals surface area contributed by atoms with Gasteiger partial charge in [0.25, 0.3) is 0 Å². The minimum atomic E-state index is -1.20. The summed E-state index contributed by atoms with van der Waals surface area (Å²) in [5.74, 6) is -5.52. The van der Waals surface area contributed by atoms with Gasteiger partial charge in [0.15, 0.2) is 33.8 Å². The topological polar surface area (TPSA) is 365 Å². The molecule has 0 amide bonds. The van der Waals surface area contributed by atoms with Crippen LogP contribution >= 0.6 is 15.9 Å². The SMILES string of the molecule is C.O=C(O)c1cccnc1C1C(=O)c2ccccc2C1=O.O=C1OC(=O)c2ncccc21.O=C1OC(Br)c2ncccc21.O=C1OC(O)c2ncccc21.O=C1OCc2ccccc21.O=C1OCc2ncccc21.O=C1c2ccccc2-c2oc(=O)c3cccnc3c21. The Labute approximate surface area is 531 Å². The van der Waals surface area contributed by atoms with Crippen molar-refractivity contribution in [1.82, 2.24) is 29.9 Å². The standard InChI is InChI=1S/C15H9NO4.C15H7NO3.C8H6O2.C7H4BrNO2.C7H5NO3.C7H3NO3.C7H5NO2.CH4/c17-13-8-4-1-2-5-9(8)14(18)11(13)12-10(15(19)20)6-3-7-16-12;17-13-8-4-1-2-5-9(8)14-11(13)12-10(15(18)19-14)6-3-7-16-12;9-8-7-4-2-1-3-6(7)5-10-8;8-6-5-4(7(10)11-6)2-1-3-9-5;2*9-6-4-2-1-3-8-5(4)7(10)11-6;9-7-5-2-1-3-8-6(5)4-10-7;/h1-7,11H,(H,19,20);1-7H;1-4H,5H2;1-3,6H;1-3,7,10H;1-3H;1-3H,4H2;1H4. The molecule has 0 bridgehead atoms. The van der Waals surface area contributed by atoms with Crippen LogP contribution in [0.5, 0.6) is 0 Å². The molecule has 0 fully saturated rings. The summed E-state index contributed by atoms with van der Waals surface area (Å²) in [6.45, 7) is 0.768. The van der Waals surface area contributed by atoms with Crippen LogP contribution in [0.2, 0.25) is 0 Å². The molecule has 12 heterocycles. The average Bonchev–Trinajstić information content (AvgIpc) is 1.63. The maximum atomic E-state index is 12.4. The molecule has 462 valence electrons. The molecule has 93 heavy (non-hydrogen) atoms. The number of carbonyl (C=O) groups is 10. The predicted octanol–water partition coefficient (Wildman–Crippen LogP) is 9.37. The largest absolute Gasteiger partial charge is 0.478 e. The number of aromatic nitrogens is 6. The number of rotatable bonds is 2. The molecule has 2 unspecified atom stereocenters. The molecule has 26 heteroatoms. The smallest absolute Gasteiger partial charge is 0.365 e. The van der Waals surface area contributed by atoms with Gasteiger partial charge in [-0.1, -0.05) is 74.2 Å². The first-order valence-corrected chi connectivity index (χ1v) is 28.0. The summed E-state index contributed by atoms with van der Waals surface area (Å²) in [6.07, 6.45) is 8.00. The fourth-order valence-electron chi connectivity index (χ4n) is 9.84. The molecular weight excluding hydrogens is 1270 g/mol. The lowest BCUT2D eigenvalue weighted by molar-refractivity contribution is -0.0568. The molecule has 10 aromatic rings. The number of hydrogen-bond acceptors (Lipinski definition) is 24. The lowest BCUT2D eigenvalue weighted by atomic mass is 9.95. The van der Waals surface area contributed by atoms with E-state index in [1.807, 2.05) is 24.3 Å².